The number of nitrogens with one attached hydrogen (secondary N) is 2. The first-order valence-corrected chi connectivity index (χ1v) is 9.24. The highest BCUT2D eigenvalue weighted by atomic mass is 32.1. The summed E-state index contributed by atoms with van der Waals surface area (Å²) in [5.41, 5.74) is 4.35. The number of hydrogen-bond acceptors (Lipinski definition) is 5. The summed E-state index contributed by atoms with van der Waals surface area (Å²) < 4.78 is 1.02. The third-order valence-corrected chi connectivity index (χ3v) is 5.03. The van der Waals surface area contributed by atoms with Crippen LogP contribution in [-0.4, -0.2) is 29.9 Å². The lowest BCUT2D eigenvalue weighted by molar-refractivity contribution is -0.125. The molecule has 0 unspecified atom stereocenters. The van der Waals surface area contributed by atoms with Crippen LogP contribution >= 0.6 is 11.3 Å². The number of nitrogens with zero attached hydrogens (tertiary/aromatic N) is 2. The first-order chi connectivity index (χ1) is 13.1. The fourth-order valence-corrected chi connectivity index (χ4v) is 3.70. The van der Waals surface area contributed by atoms with Crippen LogP contribution < -0.4 is 10.6 Å². The minimum absolute atomic E-state index is 0.0736. The summed E-state index contributed by atoms with van der Waals surface area (Å²) in [5.74, 6) is -0.669. The molecule has 0 radical (unpaired) electrons. The van der Waals surface area contributed by atoms with E-state index in [0.717, 1.165) is 15.8 Å². The molecule has 7 heteroatoms. The molecule has 0 fully saturated rings. The Morgan fingerprint density at radius 2 is 1.96 bits per heavy atom. The van der Waals surface area contributed by atoms with Crippen molar-refractivity contribution in [3.05, 3.63) is 53.0 Å². The van der Waals surface area contributed by atoms with Crippen molar-refractivity contribution in [2.75, 3.05) is 13.1 Å². The Balaban J connectivity index is 1.68. The van der Waals surface area contributed by atoms with Gasteiger partial charge in [0.1, 0.15) is 11.6 Å². The average Bonchev–Trinajstić information content (AvgIpc) is 3.06. The van der Waals surface area contributed by atoms with Crippen LogP contribution in [0.2, 0.25) is 0 Å². The Hall–Kier alpha value is -3.24. The molecule has 0 spiro atoms. The maximum Gasteiger partial charge on any atom is 0.240 e. The molecule has 2 N–H and O–H groups in total. The van der Waals surface area contributed by atoms with Crippen LogP contribution in [0.25, 0.3) is 21.3 Å². The van der Waals surface area contributed by atoms with Crippen LogP contribution in [0.15, 0.2) is 42.5 Å². The van der Waals surface area contributed by atoms with Crippen molar-refractivity contribution >= 4 is 33.4 Å². The van der Waals surface area contributed by atoms with Crippen LogP contribution in [0.5, 0.6) is 0 Å². The molecule has 1 aromatic heterocycles. The molecule has 2 amide bonds. The van der Waals surface area contributed by atoms with E-state index < -0.39 is 5.91 Å². The quantitative estimate of drug-likeness (QED) is 0.645. The maximum absolute atomic E-state index is 12.0. The van der Waals surface area contributed by atoms with Crippen molar-refractivity contribution in [1.82, 2.24) is 15.6 Å². The van der Waals surface area contributed by atoms with Gasteiger partial charge in [-0.15, -0.1) is 11.3 Å². The van der Waals surface area contributed by atoms with Crippen LogP contribution in [0.4, 0.5) is 0 Å². The second-order valence-corrected chi connectivity index (χ2v) is 7.11. The molecule has 1 heterocycles. The van der Waals surface area contributed by atoms with E-state index in [1.54, 1.807) is 0 Å². The number of thiazole rings is 1. The largest absolute Gasteiger partial charge is 0.347 e. The van der Waals surface area contributed by atoms with E-state index >= 15 is 0 Å². The first kappa shape index (κ1) is 18.5. The van der Waals surface area contributed by atoms with Crippen LogP contribution in [0.3, 0.4) is 0 Å². The Bertz CT molecular complexity index is 1040. The molecule has 3 rings (SSSR count). The van der Waals surface area contributed by atoms with Crippen molar-refractivity contribution in [3.8, 4) is 17.2 Å². The lowest BCUT2D eigenvalue weighted by Crippen LogP contribution is -2.37. The van der Waals surface area contributed by atoms with Crippen molar-refractivity contribution in [2.45, 2.75) is 13.3 Å². The minimum Gasteiger partial charge on any atom is -0.347 e. The van der Waals surface area contributed by atoms with Crippen LogP contribution in [0.1, 0.15) is 10.6 Å². The number of nitriles is 1. The highest BCUT2D eigenvalue weighted by Gasteiger charge is 2.11. The number of aromatic nitrogens is 1. The molecule has 6 nitrogen and oxygen atoms in total. The third-order valence-electron chi connectivity index (χ3n) is 4.01. The van der Waals surface area contributed by atoms with Crippen molar-refractivity contribution in [3.63, 3.8) is 0 Å². The third kappa shape index (κ3) is 4.68. The molecule has 0 aliphatic carbocycles. The Kier molecular flexibility index (Phi) is 5.79. The van der Waals surface area contributed by atoms with Gasteiger partial charge in [0.05, 0.1) is 29.3 Å². The Morgan fingerprint density at radius 1 is 1.15 bits per heavy atom. The Morgan fingerprint density at radius 3 is 2.74 bits per heavy atom. The monoisotopic (exact) mass is 378 g/mol. The molecule has 2 aromatic carbocycles. The lowest BCUT2D eigenvalue weighted by Gasteiger charge is -2.05. The summed E-state index contributed by atoms with van der Waals surface area (Å²) in [6.45, 7) is 1.85. The number of benzene rings is 2. The van der Waals surface area contributed by atoms with Gasteiger partial charge >= 0.3 is 0 Å². The van der Waals surface area contributed by atoms with Crippen molar-refractivity contribution in [2.24, 2.45) is 0 Å². The highest BCUT2D eigenvalue weighted by Crippen LogP contribution is 2.30. The zero-order chi connectivity index (χ0) is 19.2. The van der Waals surface area contributed by atoms with Crippen molar-refractivity contribution in [1.29, 1.82) is 5.26 Å². The van der Waals surface area contributed by atoms with Gasteiger partial charge in [0.25, 0.3) is 0 Å². The minimum atomic E-state index is -0.392. The number of aryl methyl sites for hydroxylation is 1. The van der Waals surface area contributed by atoms with Crippen LogP contribution in [0, 0.1) is 18.3 Å². The fraction of sp³-hybridized carbons (Fsp3) is 0.200. The number of carbonyl (C=O) groups is 2. The fourth-order valence-electron chi connectivity index (χ4n) is 2.69. The van der Waals surface area contributed by atoms with E-state index in [1.165, 1.54) is 22.5 Å². The van der Waals surface area contributed by atoms with E-state index in [9.17, 15) is 9.59 Å². The van der Waals surface area contributed by atoms with E-state index in [1.807, 2.05) is 30.3 Å². The van der Waals surface area contributed by atoms with E-state index in [2.05, 4.69) is 40.7 Å². The molecular weight excluding hydrogens is 360 g/mol. The number of carbonyl (C=O) groups excluding carboxylic acids is 2. The smallest absolute Gasteiger partial charge is 0.240 e. The number of fused-ring (bicyclic) bond motifs is 1. The molecule has 0 saturated heterocycles. The summed E-state index contributed by atoms with van der Waals surface area (Å²) >= 11 is 1.47. The van der Waals surface area contributed by atoms with Gasteiger partial charge in [-0.1, -0.05) is 30.3 Å². The zero-order valence-electron chi connectivity index (χ0n) is 14.8. The van der Waals surface area contributed by atoms with Gasteiger partial charge in [0, 0.05) is 0 Å². The predicted molar refractivity (Wildman–Crippen MR) is 105 cm³/mol. The Labute approximate surface area is 160 Å². The van der Waals surface area contributed by atoms with E-state index in [-0.39, 0.29) is 25.4 Å². The van der Waals surface area contributed by atoms with E-state index in [4.69, 9.17) is 5.26 Å². The average molecular weight is 378 g/mol. The summed E-state index contributed by atoms with van der Waals surface area (Å²) in [7, 11) is 0. The molecule has 0 aliphatic rings. The van der Waals surface area contributed by atoms with Gasteiger partial charge in [0.2, 0.25) is 11.8 Å². The van der Waals surface area contributed by atoms with E-state index in [0.29, 0.717) is 5.01 Å². The molecular formula is C20H18N4O2S. The summed E-state index contributed by atoms with van der Waals surface area (Å²) in [6.07, 6.45) is 0.116. The SMILES string of the molecule is Cc1ccccc1-c1ccc2nc(CC(=O)NCC(=O)NCC#N)sc2c1. The van der Waals surface area contributed by atoms with Gasteiger partial charge in [-0.05, 0) is 35.7 Å². The molecule has 3 aromatic rings. The maximum atomic E-state index is 12.0. The van der Waals surface area contributed by atoms with Crippen molar-refractivity contribution < 1.29 is 9.59 Å². The van der Waals surface area contributed by atoms with Gasteiger partial charge in [-0.25, -0.2) is 4.98 Å². The zero-order valence-corrected chi connectivity index (χ0v) is 15.6. The molecule has 0 aliphatic heterocycles. The molecule has 0 atom stereocenters. The molecule has 136 valence electrons. The second kappa shape index (κ2) is 8.43. The summed E-state index contributed by atoms with van der Waals surface area (Å²) in [5, 5.41) is 14.0. The number of hydrogen-bond donors (Lipinski definition) is 2. The van der Waals surface area contributed by atoms with Gasteiger partial charge in [0.15, 0.2) is 0 Å². The molecule has 0 bridgehead atoms. The van der Waals surface area contributed by atoms with Crippen LogP contribution in [-0.2, 0) is 16.0 Å². The molecule has 0 saturated carbocycles. The highest BCUT2D eigenvalue weighted by molar-refractivity contribution is 7.18. The second-order valence-electron chi connectivity index (χ2n) is 5.99. The van der Waals surface area contributed by atoms with Gasteiger partial charge in [-0.3, -0.25) is 9.59 Å². The molecule has 27 heavy (non-hydrogen) atoms. The first-order valence-electron chi connectivity index (χ1n) is 8.42. The van der Waals surface area contributed by atoms with Gasteiger partial charge in [-0.2, -0.15) is 5.26 Å². The number of amides is 2. The van der Waals surface area contributed by atoms with Gasteiger partial charge < -0.3 is 10.6 Å². The lowest BCUT2D eigenvalue weighted by atomic mass is 10.0. The standard InChI is InChI=1S/C20H18N4O2S/c1-13-4-2-3-5-15(13)14-6-7-16-17(10-14)27-20(24-16)11-18(25)23-12-19(26)22-9-8-21/h2-7,10H,9,11-12H2,1H3,(H,22,26)(H,23,25). The topological polar surface area (TPSA) is 94.9 Å². The predicted octanol–water partition coefficient (Wildman–Crippen LogP) is 2.57. The summed E-state index contributed by atoms with van der Waals surface area (Å²) in [4.78, 5) is 27.9. The normalized spacial score (nSPS) is 10.4. The number of rotatable bonds is 6. The summed E-state index contributed by atoms with van der Waals surface area (Å²) in [6, 6.07) is 16.1.